The molecule has 4 heterocycles. The lowest BCUT2D eigenvalue weighted by atomic mass is 10.0. The maximum atomic E-state index is 16.1. The number of nitrogens with zero attached hydrogens (tertiary/aromatic N) is 6. The minimum atomic E-state index is -3.28. The number of pyridine rings is 2. The van der Waals surface area contributed by atoms with Gasteiger partial charge < -0.3 is 18.4 Å². The van der Waals surface area contributed by atoms with Crippen LogP contribution in [0.3, 0.4) is 0 Å². The summed E-state index contributed by atoms with van der Waals surface area (Å²) in [6.07, 6.45) is 11.0. The highest BCUT2D eigenvalue weighted by molar-refractivity contribution is 6.45. The Kier molecular flexibility index (Phi) is 15.7. The Bertz CT molecular complexity index is 2440. The van der Waals surface area contributed by atoms with Crippen molar-refractivity contribution in [3.8, 4) is 46.2 Å². The maximum absolute atomic E-state index is 16.1. The van der Waals surface area contributed by atoms with Crippen LogP contribution in [0.2, 0.25) is 0 Å². The van der Waals surface area contributed by atoms with Crippen LogP contribution in [0.15, 0.2) is 97.3 Å². The van der Waals surface area contributed by atoms with E-state index in [1.165, 1.54) is 24.5 Å². The number of hydrogen-bond donors (Lipinski definition) is 0. The molecule has 0 amide bonds. The van der Waals surface area contributed by atoms with Gasteiger partial charge in [-0.25, -0.2) is 0 Å². The molecular weight excluding hydrogens is 790 g/mol. The van der Waals surface area contributed by atoms with Gasteiger partial charge in [0.25, 0.3) is 0 Å². The Morgan fingerprint density at radius 3 is 1.27 bits per heavy atom. The molecule has 0 aliphatic heterocycles. The summed E-state index contributed by atoms with van der Waals surface area (Å²) in [6.45, 7) is 9.44. The second kappa shape index (κ2) is 21.5. The minimum Gasteiger partial charge on any atom is -0.493 e. The van der Waals surface area contributed by atoms with Crippen molar-refractivity contribution >= 4 is 36.7 Å². The van der Waals surface area contributed by atoms with E-state index in [1.54, 1.807) is 72.8 Å². The van der Waals surface area contributed by atoms with Crippen molar-refractivity contribution < 1.29 is 26.7 Å². The summed E-state index contributed by atoms with van der Waals surface area (Å²) >= 11 is 0. The molecule has 0 aliphatic rings. The van der Waals surface area contributed by atoms with Crippen LogP contribution in [0, 0.1) is 34.5 Å². The minimum absolute atomic E-state index is 0.0592. The van der Waals surface area contributed by atoms with E-state index in [0.29, 0.717) is 45.5 Å². The number of hydrogen-bond acceptors (Lipinski definition) is 6. The van der Waals surface area contributed by atoms with E-state index >= 15 is 17.3 Å². The molecule has 6 aromatic rings. The van der Waals surface area contributed by atoms with E-state index in [0.717, 1.165) is 51.4 Å². The molecule has 4 aromatic heterocycles. The molecule has 0 radical (unpaired) electrons. The van der Waals surface area contributed by atoms with Crippen LogP contribution >= 0.6 is 0 Å². The zero-order chi connectivity index (χ0) is 44.2. The van der Waals surface area contributed by atoms with E-state index in [1.807, 2.05) is 0 Å². The highest BCUT2D eigenvalue weighted by atomic mass is 19.2. The molecule has 318 valence electrons. The Morgan fingerprint density at radius 1 is 0.597 bits per heavy atom. The van der Waals surface area contributed by atoms with Crippen LogP contribution in [0.25, 0.3) is 44.4 Å². The van der Waals surface area contributed by atoms with Crippen molar-refractivity contribution in [1.82, 2.24) is 18.9 Å². The number of halogens is 4. The third-order valence-corrected chi connectivity index (χ3v) is 11.4. The van der Waals surface area contributed by atoms with Gasteiger partial charge in [0.2, 0.25) is 0 Å². The van der Waals surface area contributed by atoms with Crippen molar-refractivity contribution in [2.45, 2.75) is 79.1 Å². The van der Waals surface area contributed by atoms with Gasteiger partial charge in [-0.15, -0.1) is 0 Å². The van der Waals surface area contributed by atoms with E-state index in [-0.39, 0.29) is 66.5 Å². The van der Waals surface area contributed by atoms with E-state index in [4.69, 9.17) is 9.47 Å². The summed E-state index contributed by atoms with van der Waals surface area (Å²) in [5.41, 5.74) is -0.327. The lowest BCUT2D eigenvalue weighted by Gasteiger charge is -2.16. The molecule has 0 N–H and O–H groups in total. The molecule has 0 bridgehead atoms. The second-order valence-electron chi connectivity index (χ2n) is 15.3. The Morgan fingerprint density at radius 2 is 0.984 bits per heavy atom. The molecule has 0 spiro atoms. The predicted octanol–water partition coefficient (Wildman–Crippen LogP) is 10.7. The number of ether oxygens (including phenoxy) is 2. The van der Waals surface area contributed by atoms with Gasteiger partial charge in [-0.1, -0.05) is 78.4 Å². The van der Waals surface area contributed by atoms with E-state index in [9.17, 15) is 10.5 Å². The van der Waals surface area contributed by atoms with Crippen LogP contribution in [0.1, 0.15) is 90.4 Å². The van der Waals surface area contributed by atoms with Gasteiger partial charge in [-0.05, 0) is 109 Å². The fourth-order valence-corrected chi connectivity index (χ4v) is 7.98. The molecule has 2 atom stereocenters. The molecule has 0 aliphatic carbocycles. The molecule has 0 saturated carbocycles. The van der Waals surface area contributed by atoms with Crippen molar-refractivity contribution in [2.24, 2.45) is 11.8 Å². The number of aromatic nitrogens is 4. The van der Waals surface area contributed by atoms with E-state index in [2.05, 4.69) is 49.8 Å². The fraction of sp³-hybridized carbons (Fsp3) is 0.333. The fourth-order valence-electron chi connectivity index (χ4n) is 7.98. The van der Waals surface area contributed by atoms with Crippen LogP contribution in [0.4, 0.5) is 17.3 Å². The van der Waals surface area contributed by atoms with Gasteiger partial charge in [0, 0.05) is 23.2 Å². The number of unbranched alkanes of at least 4 members (excludes halogenated alkanes) is 2. The van der Waals surface area contributed by atoms with Gasteiger partial charge in [0.1, 0.15) is 34.8 Å². The number of nitriles is 2. The van der Waals surface area contributed by atoms with Crippen molar-refractivity contribution in [3.05, 3.63) is 119 Å². The predicted molar refractivity (Wildman–Crippen MR) is 239 cm³/mol. The monoisotopic (exact) mass is 840 g/mol. The first kappa shape index (κ1) is 45.3. The first-order valence-corrected chi connectivity index (χ1v) is 21.4. The first-order valence-electron chi connectivity index (χ1n) is 21.4. The van der Waals surface area contributed by atoms with Gasteiger partial charge in [-0.3, -0.25) is 27.2 Å². The molecule has 0 saturated heterocycles. The summed E-state index contributed by atoms with van der Waals surface area (Å²) in [7, 11) is -6.56. The summed E-state index contributed by atoms with van der Waals surface area (Å²) < 4.78 is 78.2. The Balaban J connectivity index is 1.73. The normalized spacial score (nSPS) is 13.2. The standard InChI is InChI=1S/C48H50B2F4N6O2/c1-5-9-15-33(7-3)31-61-37-23-19-35(20-24-37)45-43-44(48(59(45)49(51)52)40(30-56)42-18-12-14-28-58-42)46(36-21-25-38(26-22-36)62-32-34(8-4)16-10-6-2)60(50(53)54)47(43)39(29-55)41-17-11-13-27-57-41/h11-14,17-28,33-34H,5-10,15-16,31-32H2,1-4H3/b47-39-,48-40-. The second-order valence-corrected chi connectivity index (χ2v) is 15.3. The zero-order valence-corrected chi connectivity index (χ0v) is 35.6. The smallest absolute Gasteiger partial charge is 0.493 e. The van der Waals surface area contributed by atoms with Crippen LogP contribution in [-0.4, -0.2) is 46.9 Å². The highest BCUT2D eigenvalue weighted by Crippen LogP contribution is 2.37. The summed E-state index contributed by atoms with van der Waals surface area (Å²) in [6, 6.07) is 26.7. The van der Waals surface area contributed by atoms with Gasteiger partial charge >= 0.3 is 14.8 Å². The third kappa shape index (κ3) is 9.76. The van der Waals surface area contributed by atoms with Gasteiger partial charge in [0.15, 0.2) is 0 Å². The third-order valence-electron chi connectivity index (χ3n) is 11.4. The zero-order valence-electron chi connectivity index (χ0n) is 35.6. The molecule has 62 heavy (non-hydrogen) atoms. The van der Waals surface area contributed by atoms with E-state index < -0.39 is 14.8 Å². The SMILES string of the molecule is CCCCC(CC)COc1ccc(-c2c3/c(=C(\C#N)c4ccccn4)n(B(F)F)c(-c4ccc(OCC(CC)CCCC)cc4)c3/c(=C(\C#N)c3ccccn3)n2B(F)F)cc1. The van der Waals surface area contributed by atoms with Crippen LogP contribution in [-0.2, 0) is 0 Å². The molecule has 2 unspecified atom stereocenters. The Labute approximate surface area is 361 Å². The van der Waals surface area contributed by atoms with Crippen molar-refractivity contribution in [1.29, 1.82) is 10.5 Å². The number of fused-ring (bicyclic) bond motifs is 1. The lowest BCUT2D eigenvalue weighted by Crippen LogP contribution is -2.33. The van der Waals surface area contributed by atoms with Crippen LogP contribution < -0.4 is 20.2 Å². The number of rotatable bonds is 20. The topological polar surface area (TPSA) is 102 Å². The Hall–Kier alpha value is -6.27. The quantitative estimate of drug-likeness (QED) is 0.0560. The summed E-state index contributed by atoms with van der Waals surface area (Å²) in [5.74, 6) is 1.69. The average Bonchev–Trinajstić information content (AvgIpc) is 3.82. The molecule has 14 heteroatoms. The largest absolute Gasteiger partial charge is 0.678 e. The summed E-state index contributed by atoms with van der Waals surface area (Å²) in [4.78, 5) is 8.70. The average molecular weight is 841 g/mol. The van der Waals surface area contributed by atoms with Gasteiger partial charge in [0.05, 0.1) is 46.7 Å². The molecule has 0 fully saturated rings. The summed E-state index contributed by atoms with van der Waals surface area (Å²) in [5, 5.41) is 20.9. The lowest BCUT2D eigenvalue weighted by molar-refractivity contribution is 0.233. The molecule has 2 aromatic carbocycles. The molecule has 6 rings (SSSR count). The van der Waals surface area contributed by atoms with Gasteiger partial charge in [-0.2, -0.15) is 10.5 Å². The van der Waals surface area contributed by atoms with Crippen molar-refractivity contribution in [2.75, 3.05) is 13.2 Å². The van der Waals surface area contributed by atoms with Crippen molar-refractivity contribution in [3.63, 3.8) is 0 Å². The molecule has 8 nitrogen and oxygen atoms in total. The first-order chi connectivity index (χ1) is 30.2. The maximum Gasteiger partial charge on any atom is 0.678 e. The molecular formula is C48H50B2F4N6O2. The number of benzene rings is 2. The van der Waals surface area contributed by atoms with Crippen LogP contribution in [0.5, 0.6) is 11.5 Å². The highest BCUT2D eigenvalue weighted by Gasteiger charge is 2.36.